The number of aromatic amines is 1. The molecule has 0 amide bonds. The molecule has 0 bridgehead atoms. The van der Waals surface area contributed by atoms with Crippen LogP contribution < -0.4 is 0 Å². The molecule has 7 heteroatoms. The minimum Gasteiger partial charge on any atom is -0.478 e. The second-order valence-electron chi connectivity index (χ2n) is 3.75. The average molecular weight is 276 g/mol. The Balaban J connectivity index is 2.41. The zero-order valence-corrected chi connectivity index (χ0v) is 11.0. The molecule has 2 rings (SSSR count). The number of carboxylic acids is 1. The number of rotatable bonds is 4. The van der Waals surface area contributed by atoms with E-state index in [9.17, 15) is 4.79 Å². The lowest BCUT2D eigenvalue weighted by molar-refractivity contribution is 0.0697. The van der Waals surface area contributed by atoms with Gasteiger partial charge in [0.15, 0.2) is 5.82 Å². The first-order chi connectivity index (χ1) is 9.13. The number of carboxylic acid groups (broad SMARTS) is 1. The van der Waals surface area contributed by atoms with Gasteiger partial charge in [0.25, 0.3) is 0 Å². The number of benzene rings is 1. The van der Waals surface area contributed by atoms with E-state index < -0.39 is 5.97 Å². The van der Waals surface area contributed by atoms with Gasteiger partial charge in [0.05, 0.1) is 11.8 Å². The molecule has 0 fully saturated rings. The number of nitrogens with zero attached hydrogens (tertiary/aromatic N) is 3. The molecule has 1 aromatic heterocycles. The maximum Gasteiger partial charge on any atom is 0.336 e. The van der Waals surface area contributed by atoms with Crippen LogP contribution in [0.5, 0.6) is 0 Å². The van der Waals surface area contributed by atoms with Crippen molar-refractivity contribution in [3.63, 3.8) is 0 Å². The summed E-state index contributed by atoms with van der Waals surface area (Å²) in [5.41, 5.74) is 0.708. The zero-order chi connectivity index (χ0) is 13.8. The molecule has 0 atom stereocenters. The Hall–Kier alpha value is -2.28. The fraction of sp³-hybridized carbons (Fsp3) is 0.167. The van der Waals surface area contributed by atoms with Crippen LogP contribution in [0.25, 0.3) is 0 Å². The number of carbonyl (C=O) groups is 1. The second kappa shape index (κ2) is 5.57. The summed E-state index contributed by atoms with van der Waals surface area (Å²) >= 11 is 5.05. The van der Waals surface area contributed by atoms with Crippen molar-refractivity contribution in [3.05, 3.63) is 46.0 Å². The van der Waals surface area contributed by atoms with Crippen LogP contribution in [-0.4, -0.2) is 32.2 Å². The first-order valence-corrected chi connectivity index (χ1v) is 6.07. The number of H-pyrrole nitrogens is 1. The van der Waals surface area contributed by atoms with Gasteiger partial charge in [-0.05, 0) is 18.3 Å². The number of hydrogen-bond donors (Lipinski definition) is 2. The fourth-order valence-electron chi connectivity index (χ4n) is 1.60. The zero-order valence-electron chi connectivity index (χ0n) is 10.2. The Bertz CT molecular complexity index is 687. The number of aromatic nitrogens is 3. The van der Waals surface area contributed by atoms with Crippen molar-refractivity contribution in [2.75, 3.05) is 0 Å². The van der Waals surface area contributed by atoms with Crippen molar-refractivity contribution < 1.29 is 9.90 Å². The van der Waals surface area contributed by atoms with Crippen molar-refractivity contribution in [2.45, 2.75) is 13.3 Å². The largest absolute Gasteiger partial charge is 0.478 e. The Labute approximate surface area is 114 Å². The molecule has 0 saturated heterocycles. The van der Waals surface area contributed by atoms with Crippen LogP contribution in [0.4, 0.5) is 0 Å². The third-order valence-electron chi connectivity index (χ3n) is 2.54. The highest BCUT2D eigenvalue weighted by atomic mass is 32.1. The van der Waals surface area contributed by atoms with Gasteiger partial charge in [-0.15, -0.1) is 0 Å². The van der Waals surface area contributed by atoms with E-state index in [2.05, 4.69) is 15.3 Å². The highest BCUT2D eigenvalue weighted by molar-refractivity contribution is 7.71. The molecule has 0 unspecified atom stereocenters. The molecule has 0 aliphatic heterocycles. The van der Waals surface area contributed by atoms with Crippen molar-refractivity contribution in [1.29, 1.82) is 0 Å². The molecule has 19 heavy (non-hydrogen) atoms. The lowest BCUT2D eigenvalue weighted by atomic mass is 10.1. The van der Waals surface area contributed by atoms with E-state index >= 15 is 0 Å². The number of hydrogen-bond acceptors (Lipinski definition) is 4. The van der Waals surface area contributed by atoms with Crippen molar-refractivity contribution in [3.8, 4) is 0 Å². The van der Waals surface area contributed by atoms with Gasteiger partial charge < -0.3 is 5.11 Å². The van der Waals surface area contributed by atoms with Gasteiger partial charge in [0, 0.05) is 12.0 Å². The minimum atomic E-state index is -0.992. The quantitative estimate of drug-likeness (QED) is 0.661. The van der Waals surface area contributed by atoms with Crippen LogP contribution in [-0.2, 0) is 6.42 Å². The third kappa shape index (κ3) is 2.76. The summed E-state index contributed by atoms with van der Waals surface area (Å²) in [6.07, 6.45) is 2.14. The Kier molecular flexibility index (Phi) is 3.86. The van der Waals surface area contributed by atoms with E-state index in [0.717, 1.165) is 0 Å². The van der Waals surface area contributed by atoms with Crippen LogP contribution in [0, 0.1) is 4.77 Å². The van der Waals surface area contributed by atoms with Gasteiger partial charge in [-0.1, -0.05) is 25.1 Å². The molecule has 0 saturated carbocycles. The lowest BCUT2D eigenvalue weighted by Gasteiger charge is -2.00. The number of nitrogens with one attached hydrogen (secondary N) is 1. The molecule has 2 aromatic rings. The van der Waals surface area contributed by atoms with Crippen LogP contribution in [0.1, 0.15) is 28.7 Å². The van der Waals surface area contributed by atoms with E-state index in [4.69, 9.17) is 17.3 Å². The molecule has 1 heterocycles. The molecule has 0 radical (unpaired) electrons. The van der Waals surface area contributed by atoms with Crippen LogP contribution in [0.2, 0.25) is 0 Å². The first kappa shape index (κ1) is 13.2. The predicted molar refractivity (Wildman–Crippen MR) is 73.2 cm³/mol. The summed E-state index contributed by atoms with van der Waals surface area (Å²) in [6.45, 7) is 1.93. The van der Waals surface area contributed by atoms with E-state index in [1.165, 1.54) is 17.0 Å². The van der Waals surface area contributed by atoms with Gasteiger partial charge in [0.2, 0.25) is 4.77 Å². The van der Waals surface area contributed by atoms with E-state index in [-0.39, 0.29) is 5.56 Å². The maximum atomic E-state index is 11.1. The Morgan fingerprint density at radius 1 is 1.58 bits per heavy atom. The molecule has 0 aliphatic rings. The number of aromatic carboxylic acids is 1. The van der Waals surface area contributed by atoms with Gasteiger partial charge in [-0.2, -0.15) is 14.9 Å². The summed E-state index contributed by atoms with van der Waals surface area (Å²) in [5.74, 6) is -0.303. The summed E-state index contributed by atoms with van der Waals surface area (Å²) in [5, 5.41) is 19.9. The fourth-order valence-corrected chi connectivity index (χ4v) is 1.79. The molecule has 2 N–H and O–H groups in total. The van der Waals surface area contributed by atoms with E-state index in [1.54, 1.807) is 18.2 Å². The first-order valence-electron chi connectivity index (χ1n) is 5.66. The highest BCUT2D eigenvalue weighted by Gasteiger charge is 2.07. The normalized spacial score (nSPS) is 11.0. The summed E-state index contributed by atoms with van der Waals surface area (Å²) in [7, 11) is 0. The molecule has 0 aliphatic carbocycles. The SMILES string of the molecule is CCc1n[nH]c(=S)n1/N=C\c1ccccc1C(=O)O. The monoisotopic (exact) mass is 276 g/mol. The highest BCUT2D eigenvalue weighted by Crippen LogP contribution is 2.07. The molecule has 0 spiro atoms. The van der Waals surface area contributed by atoms with Crippen LogP contribution in [0.3, 0.4) is 0 Å². The van der Waals surface area contributed by atoms with Crippen molar-refractivity contribution >= 4 is 24.4 Å². The Morgan fingerprint density at radius 2 is 2.32 bits per heavy atom. The lowest BCUT2D eigenvalue weighted by Crippen LogP contribution is -2.03. The smallest absolute Gasteiger partial charge is 0.336 e. The van der Waals surface area contributed by atoms with Gasteiger partial charge in [-0.25, -0.2) is 4.79 Å². The average Bonchev–Trinajstić information content (AvgIpc) is 2.77. The summed E-state index contributed by atoms with van der Waals surface area (Å²) < 4.78 is 1.86. The van der Waals surface area contributed by atoms with Gasteiger partial charge >= 0.3 is 5.97 Å². The van der Waals surface area contributed by atoms with Gasteiger partial charge in [0.1, 0.15) is 0 Å². The molecular weight excluding hydrogens is 264 g/mol. The molecule has 6 nitrogen and oxygen atoms in total. The summed E-state index contributed by atoms with van der Waals surface area (Å²) in [4.78, 5) is 11.1. The van der Waals surface area contributed by atoms with Crippen LogP contribution >= 0.6 is 12.2 Å². The topological polar surface area (TPSA) is 83.3 Å². The van der Waals surface area contributed by atoms with Crippen molar-refractivity contribution in [2.24, 2.45) is 5.10 Å². The molecular formula is C12H12N4O2S. The van der Waals surface area contributed by atoms with Crippen molar-refractivity contribution in [1.82, 2.24) is 14.9 Å². The molecule has 1 aromatic carbocycles. The van der Waals surface area contributed by atoms with E-state index in [1.807, 2.05) is 6.92 Å². The molecule has 98 valence electrons. The minimum absolute atomic E-state index is 0.194. The number of aryl methyl sites for hydroxylation is 1. The predicted octanol–water partition coefficient (Wildman–Crippen LogP) is 2.08. The summed E-state index contributed by atoms with van der Waals surface area (Å²) in [6, 6.07) is 6.63. The Morgan fingerprint density at radius 3 is 3.00 bits per heavy atom. The van der Waals surface area contributed by atoms with Gasteiger partial charge in [-0.3, -0.25) is 5.10 Å². The van der Waals surface area contributed by atoms with E-state index in [0.29, 0.717) is 22.6 Å². The second-order valence-corrected chi connectivity index (χ2v) is 4.13. The standard InChI is InChI=1S/C12H12N4O2S/c1-2-10-14-15-12(19)16(10)13-7-8-5-3-4-6-9(8)11(17)18/h3-7H,2H2,1H3,(H,15,19)(H,17,18)/b13-7-. The maximum absolute atomic E-state index is 11.1. The third-order valence-corrected chi connectivity index (χ3v) is 2.80. The van der Waals surface area contributed by atoms with Crippen LogP contribution in [0.15, 0.2) is 29.4 Å².